The van der Waals surface area contributed by atoms with Crippen molar-refractivity contribution in [2.24, 2.45) is 0 Å². The SMILES string of the molecule is Cc1ccc2nc(COc3ccc(C(=O)N(C)Cc4c(C)nn(-c5ccccc5)c4C)cc3)cn2c1. The standard InChI is InChI=1S/C29H29N5O2/c1-20-10-15-28-30-24(17-33(28)16-20)19-36-26-13-11-23(12-14-26)29(35)32(4)18-27-21(2)31-34(22(27)3)25-8-6-5-7-9-25/h5-17H,18-19H2,1-4H3. The molecule has 0 fully saturated rings. The number of pyridine rings is 1. The van der Waals surface area contributed by atoms with Crippen LogP contribution in [0.3, 0.4) is 0 Å². The Kier molecular flexibility index (Phi) is 6.29. The molecule has 0 unspecified atom stereocenters. The Morgan fingerprint density at radius 2 is 1.69 bits per heavy atom. The monoisotopic (exact) mass is 479 g/mol. The number of amides is 1. The van der Waals surface area contributed by atoms with Crippen molar-refractivity contribution in [3.05, 3.63) is 113 Å². The summed E-state index contributed by atoms with van der Waals surface area (Å²) in [5.41, 5.74) is 7.54. The van der Waals surface area contributed by atoms with Crippen molar-refractivity contribution in [3.63, 3.8) is 0 Å². The minimum Gasteiger partial charge on any atom is -0.487 e. The van der Waals surface area contributed by atoms with Gasteiger partial charge in [-0.05, 0) is 68.8 Å². The van der Waals surface area contributed by atoms with Crippen LogP contribution in [-0.2, 0) is 13.2 Å². The number of nitrogens with zero attached hydrogens (tertiary/aromatic N) is 5. The Balaban J connectivity index is 1.23. The minimum atomic E-state index is -0.0523. The lowest BCUT2D eigenvalue weighted by Crippen LogP contribution is -2.26. The van der Waals surface area contributed by atoms with Crippen molar-refractivity contribution in [1.29, 1.82) is 0 Å². The molecule has 5 aromatic rings. The van der Waals surface area contributed by atoms with Gasteiger partial charge in [-0.15, -0.1) is 0 Å². The van der Waals surface area contributed by atoms with Crippen molar-refractivity contribution < 1.29 is 9.53 Å². The molecule has 0 aliphatic carbocycles. The number of carbonyl (C=O) groups excluding carboxylic acids is 1. The predicted octanol–water partition coefficient (Wildman–Crippen LogP) is 5.30. The van der Waals surface area contributed by atoms with Gasteiger partial charge in [0, 0.05) is 42.8 Å². The predicted molar refractivity (Wildman–Crippen MR) is 140 cm³/mol. The van der Waals surface area contributed by atoms with E-state index in [1.54, 1.807) is 17.0 Å². The molecule has 0 N–H and O–H groups in total. The van der Waals surface area contributed by atoms with Gasteiger partial charge in [0.25, 0.3) is 5.91 Å². The minimum absolute atomic E-state index is 0.0523. The molecular formula is C29H29N5O2. The van der Waals surface area contributed by atoms with Crippen molar-refractivity contribution in [2.45, 2.75) is 33.9 Å². The van der Waals surface area contributed by atoms with Gasteiger partial charge in [-0.3, -0.25) is 4.79 Å². The Hall–Kier alpha value is -4.39. The van der Waals surface area contributed by atoms with Crippen LogP contribution in [0.2, 0.25) is 0 Å². The van der Waals surface area contributed by atoms with Crippen LogP contribution < -0.4 is 4.74 Å². The van der Waals surface area contributed by atoms with Gasteiger partial charge in [0.05, 0.1) is 17.1 Å². The molecule has 7 nitrogen and oxygen atoms in total. The molecule has 36 heavy (non-hydrogen) atoms. The number of hydrogen-bond donors (Lipinski definition) is 0. The third-order valence-electron chi connectivity index (χ3n) is 6.32. The lowest BCUT2D eigenvalue weighted by atomic mass is 10.1. The maximum atomic E-state index is 13.1. The fourth-order valence-corrected chi connectivity index (χ4v) is 4.33. The summed E-state index contributed by atoms with van der Waals surface area (Å²) in [4.78, 5) is 19.4. The van der Waals surface area contributed by atoms with Gasteiger partial charge in [0.1, 0.15) is 18.0 Å². The van der Waals surface area contributed by atoms with E-state index in [0.717, 1.165) is 34.0 Å². The second-order valence-corrected chi connectivity index (χ2v) is 9.08. The van der Waals surface area contributed by atoms with E-state index < -0.39 is 0 Å². The van der Waals surface area contributed by atoms with Crippen LogP contribution in [0.15, 0.2) is 79.1 Å². The zero-order chi connectivity index (χ0) is 25.2. The van der Waals surface area contributed by atoms with Gasteiger partial charge >= 0.3 is 0 Å². The number of hydrogen-bond acceptors (Lipinski definition) is 4. The smallest absolute Gasteiger partial charge is 0.253 e. The molecule has 2 aromatic carbocycles. The second-order valence-electron chi connectivity index (χ2n) is 9.08. The molecule has 0 radical (unpaired) electrons. The number of rotatable bonds is 7. The lowest BCUT2D eigenvalue weighted by Gasteiger charge is -2.18. The fraction of sp³-hybridized carbons (Fsp3) is 0.207. The average molecular weight is 480 g/mol. The Bertz CT molecular complexity index is 1520. The summed E-state index contributed by atoms with van der Waals surface area (Å²) in [6.07, 6.45) is 4.01. The molecular weight excluding hydrogens is 450 g/mol. The van der Waals surface area contributed by atoms with E-state index in [1.165, 1.54) is 5.56 Å². The molecule has 1 amide bonds. The van der Waals surface area contributed by atoms with Gasteiger partial charge < -0.3 is 14.0 Å². The molecule has 3 heterocycles. The van der Waals surface area contributed by atoms with Crippen LogP contribution in [0.25, 0.3) is 11.3 Å². The van der Waals surface area contributed by atoms with E-state index in [0.29, 0.717) is 24.5 Å². The van der Waals surface area contributed by atoms with Gasteiger partial charge in [0.2, 0.25) is 0 Å². The zero-order valence-corrected chi connectivity index (χ0v) is 21.0. The average Bonchev–Trinajstić information content (AvgIpc) is 3.42. The largest absolute Gasteiger partial charge is 0.487 e. The zero-order valence-electron chi connectivity index (χ0n) is 21.0. The van der Waals surface area contributed by atoms with Crippen LogP contribution in [-0.4, -0.2) is 37.0 Å². The highest BCUT2D eigenvalue weighted by molar-refractivity contribution is 5.94. The molecule has 182 valence electrons. The van der Waals surface area contributed by atoms with Gasteiger partial charge in [-0.1, -0.05) is 24.3 Å². The first-order valence-electron chi connectivity index (χ1n) is 11.9. The molecule has 0 atom stereocenters. The first kappa shape index (κ1) is 23.4. The number of ether oxygens (including phenoxy) is 1. The number of benzene rings is 2. The molecule has 3 aromatic heterocycles. The van der Waals surface area contributed by atoms with E-state index >= 15 is 0 Å². The summed E-state index contributed by atoms with van der Waals surface area (Å²) < 4.78 is 9.84. The summed E-state index contributed by atoms with van der Waals surface area (Å²) >= 11 is 0. The van der Waals surface area contributed by atoms with Crippen molar-refractivity contribution >= 4 is 11.6 Å². The van der Waals surface area contributed by atoms with Crippen molar-refractivity contribution in [3.8, 4) is 11.4 Å². The molecule has 0 bridgehead atoms. The topological polar surface area (TPSA) is 64.7 Å². The van der Waals surface area contributed by atoms with Gasteiger partial charge in [-0.25, -0.2) is 9.67 Å². The number of carbonyl (C=O) groups is 1. The third-order valence-corrected chi connectivity index (χ3v) is 6.32. The summed E-state index contributed by atoms with van der Waals surface area (Å²) in [7, 11) is 1.82. The Labute approximate surface area is 210 Å². The van der Waals surface area contributed by atoms with Crippen LogP contribution >= 0.6 is 0 Å². The van der Waals surface area contributed by atoms with Crippen molar-refractivity contribution in [2.75, 3.05) is 7.05 Å². The highest BCUT2D eigenvalue weighted by Crippen LogP contribution is 2.21. The first-order chi connectivity index (χ1) is 17.4. The summed E-state index contributed by atoms with van der Waals surface area (Å²) in [6, 6.07) is 21.3. The normalized spacial score (nSPS) is 11.1. The maximum absolute atomic E-state index is 13.1. The number of para-hydroxylation sites is 1. The molecule has 0 aliphatic rings. The highest BCUT2D eigenvalue weighted by atomic mass is 16.5. The van der Waals surface area contributed by atoms with E-state index in [1.807, 2.05) is 97.0 Å². The van der Waals surface area contributed by atoms with Gasteiger partial charge in [0.15, 0.2) is 0 Å². The van der Waals surface area contributed by atoms with Crippen LogP contribution in [0.1, 0.15) is 38.6 Å². The molecule has 7 heteroatoms. The van der Waals surface area contributed by atoms with E-state index in [9.17, 15) is 4.79 Å². The third kappa shape index (κ3) is 4.73. The van der Waals surface area contributed by atoms with Crippen LogP contribution in [0, 0.1) is 20.8 Å². The molecule has 5 rings (SSSR count). The van der Waals surface area contributed by atoms with E-state index in [2.05, 4.69) is 11.9 Å². The number of aromatic nitrogens is 4. The van der Waals surface area contributed by atoms with E-state index in [-0.39, 0.29) is 5.91 Å². The number of fused-ring (bicyclic) bond motifs is 1. The summed E-state index contributed by atoms with van der Waals surface area (Å²) in [6.45, 7) is 6.91. The molecule has 0 saturated heterocycles. The summed E-state index contributed by atoms with van der Waals surface area (Å²) in [5.74, 6) is 0.641. The van der Waals surface area contributed by atoms with Gasteiger partial charge in [-0.2, -0.15) is 5.10 Å². The van der Waals surface area contributed by atoms with Crippen LogP contribution in [0.4, 0.5) is 0 Å². The Morgan fingerprint density at radius 3 is 2.44 bits per heavy atom. The quantitative estimate of drug-likeness (QED) is 0.318. The molecule has 0 aliphatic heterocycles. The fourth-order valence-electron chi connectivity index (χ4n) is 4.33. The summed E-state index contributed by atoms with van der Waals surface area (Å²) in [5, 5.41) is 4.70. The highest BCUT2D eigenvalue weighted by Gasteiger charge is 2.18. The number of aryl methyl sites for hydroxylation is 2. The number of imidazole rings is 1. The van der Waals surface area contributed by atoms with Crippen molar-refractivity contribution in [1.82, 2.24) is 24.1 Å². The maximum Gasteiger partial charge on any atom is 0.253 e. The molecule has 0 saturated carbocycles. The Morgan fingerprint density at radius 1 is 0.944 bits per heavy atom. The molecule has 0 spiro atoms. The first-order valence-corrected chi connectivity index (χ1v) is 11.9. The van der Waals surface area contributed by atoms with Crippen LogP contribution in [0.5, 0.6) is 5.75 Å². The van der Waals surface area contributed by atoms with E-state index in [4.69, 9.17) is 9.84 Å². The lowest BCUT2D eigenvalue weighted by molar-refractivity contribution is 0.0784. The second kappa shape index (κ2) is 9.70.